The van der Waals surface area contributed by atoms with Gasteiger partial charge in [-0.15, -0.1) is 0 Å². The van der Waals surface area contributed by atoms with E-state index in [0.717, 1.165) is 10.9 Å². The van der Waals surface area contributed by atoms with Crippen LogP contribution in [0.5, 0.6) is 0 Å². The zero-order valence-electron chi connectivity index (χ0n) is 9.93. The number of para-hydroxylation sites is 1. The summed E-state index contributed by atoms with van der Waals surface area (Å²) in [6, 6.07) is 7.36. The number of amides is 1. The van der Waals surface area contributed by atoms with Crippen molar-refractivity contribution in [2.45, 2.75) is 6.42 Å². The Kier molecular flexibility index (Phi) is 3.24. The molecule has 0 aliphatic carbocycles. The van der Waals surface area contributed by atoms with Gasteiger partial charge in [0.1, 0.15) is 0 Å². The molecule has 1 aliphatic rings. The van der Waals surface area contributed by atoms with Crippen LogP contribution in [0.25, 0.3) is 0 Å². The van der Waals surface area contributed by atoms with Crippen LogP contribution in [0.4, 0.5) is 5.69 Å². The number of hydrogen-bond donors (Lipinski definition) is 0. The van der Waals surface area contributed by atoms with E-state index in [1.165, 1.54) is 5.56 Å². The molecule has 96 valence electrons. The van der Waals surface area contributed by atoms with Crippen molar-refractivity contribution in [2.75, 3.05) is 11.4 Å². The van der Waals surface area contributed by atoms with Gasteiger partial charge in [-0.1, -0.05) is 6.07 Å². The minimum absolute atomic E-state index is 0.415. The van der Waals surface area contributed by atoms with Crippen LogP contribution >= 0.6 is 27.3 Å². The third-order valence-corrected chi connectivity index (χ3v) is 4.52. The lowest BCUT2D eigenvalue weighted by atomic mass is 10.1. The smallest absolute Gasteiger partial charge is 0.299 e. The third-order valence-electron chi connectivity index (χ3n) is 3.14. The first kappa shape index (κ1) is 12.6. The number of anilines is 1. The molecule has 0 unspecified atom stereocenters. The molecule has 3 rings (SSSR count). The quantitative estimate of drug-likeness (QED) is 0.807. The molecule has 0 bridgehead atoms. The van der Waals surface area contributed by atoms with Gasteiger partial charge in [-0.25, -0.2) is 0 Å². The Morgan fingerprint density at radius 2 is 2.05 bits per heavy atom. The number of fused-ring (bicyclic) bond motifs is 1. The van der Waals surface area contributed by atoms with E-state index in [0.29, 0.717) is 17.8 Å². The minimum atomic E-state index is -0.433. The van der Waals surface area contributed by atoms with Crippen LogP contribution < -0.4 is 4.90 Å². The maximum atomic E-state index is 12.0. The van der Waals surface area contributed by atoms with E-state index in [1.807, 2.05) is 17.5 Å². The van der Waals surface area contributed by atoms with Gasteiger partial charge < -0.3 is 4.90 Å². The molecule has 2 aromatic rings. The molecule has 1 aliphatic heterocycles. The molecule has 0 spiro atoms. The van der Waals surface area contributed by atoms with Crippen LogP contribution in [0.15, 0.2) is 39.5 Å². The van der Waals surface area contributed by atoms with Crippen molar-refractivity contribution in [1.29, 1.82) is 0 Å². The average Bonchev–Trinajstić information content (AvgIpc) is 2.99. The van der Waals surface area contributed by atoms with Crippen molar-refractivity contribution in [3.8, 4) is 0 Å². The highest BCUT2D eigenvalue weighted by Gasteiger charge is 2.36. The topological polar surface area (TPSA) is 37.4 Å². The van der Waals surface area contributed by atoms with E-state index in [-0.39, 0.29) is 0 Å². The summed E-state index contributed by atoms with van der Waals surface area (Å²) in [5.74, 6) is -0.848. The Labute approximate surface area is 123 Å². The van der Waals surface area contributed by atoms with E-state index in [9.17, 15) is 9.59 Å². The number of halogens is 1. The Bertz CT molecular complexity index is 651. The molecular weight excluding hydrogens is 326 g/mol. The van der Waals surface area contributed by atoms with Crippen LogP contribution in [-0.2, 0) is 11.2 Å². The maximum absolute atomic E-state index is 12.0. The molecule has 5 heteroatoms. The highest BCUT2D eigenvalue weighted by molar-refractivity contribution is 9.10. The molecule has 3 nitrogen and oxygen atoms in total. The number of carbonyl (C=O) groups is 2. The van der Waals surface area contributed by atoms with Gasteiger partial charge in [0.15, 0.2) is 0 Å². The fourth-order valence-electron chi connectivity index (χ4n) is 2.20. The van der Waals surface area contributed by atoms with Crippen molar-refractivity contribution >= 4 is 44.6 Å². The van der Waals surface area contributed by atoms with Gasteiger partial charge in [0.25, 0.3) is 11.7 Å². The number of nitrogens with zero attached hydrogens (tertiary/aromatic N) is 1. The van der Waals surface area contributed by atoms with Gasteiger partial charge in [-0.2, -0.15) is 11.3 Å². The summed E-state index contributed by atoms with van der Waals surface area (Å²) < 4.78 is 0.787. The molecule has 0 atom stereocenters. The number of Topliss-reactive ketones (excluding diaryl/α,β-unsaturated/α-hetero) is 1. The van der Waals surface area contributed by atoms with Gasteiger partial charge >= 0.3 is 0 Å². The highest BCUT2D eigenvalue weighted by atomic mass is 79.9. The van der Waals surface area contributed by atoms with Gasteiger partial charge in [0.2, 0.25) is 0 Å². The molecule has 1 aromatic carbocycles. The van der Waals surface area contributed by atoms with E-state index in [2.05, 4.69) is 21.3 Å². The summed E-state index contributed by atoms with van der Waals surface area (Å²) in [6.07, 6.45) is 0.753. The van der Waals surface area contributed by atoms with Crippen molar-refractivity contribution in [1.82, 2.24) is 0 Å². The molecule has 0 saturated carbocycles. The minimum Gasteiger partial charge on any atom is -0.303 e. The maximum Gasteiger partial charge on any atom is 0.299 e. The molecule has 0 saturated heterocycles. The molecule has 0 radical (unpaired) electrons. The Morgan fingerprint density at radius 1 is 1.21 bits per heavy atom. The van der Waals surface area contributed by atoms with Gasteiger partial charge in [0, 0.05) is 11.0 Å². The van der Waals surface area contributed by atoms with Crippen molar-refractivity contribution in [3.05, 3.63) is 50.6 Å². The van der Waals surface area contributed by atoms with Crippen LogP contribution in [0.1, 0.15) is 15.9 Å². The SMILES string of the molecule is O=C1C(=O)N(CCc2ccsc2)c2c(Br)cccc21. The fourth-order valence-corrected chi connectivity index (χ4v) is 3.48. The Morgan fingerprint density at radius 3 is 2.79 bits per heavy atom. The lowest BCUT2D eigenvalue weighted by molar-refractivity contribution is -0.114. The van der Waals surface area contributed by atoms with Crippen molar-refractivity contribution in [3.63, 3.8) is 0 Å². The van der Waals surface area contributed by atoms with Crippen LogP contribution in [0.3, 0.4) is 0 Å². The van der Waals surface area contributed by atoms with Crippen LogP contribution in [0, 0.1) is 0 Å². The fraction of sp³-hybridized carbons (Fsp3) is 0.143. The standard InChI is InChI=1S/C14H10BrNO2S/c15-11-3-1-2-10-12(11)16(14(18)13(10)17)6-4-9-5-7-19-8-9/h1-3,5,7-8H,4,6H2. The highest BCUT2D eigenvalue weighted by Crippen LogP contribution is 2.35. The number of hydrogen-bond acceptors (Lipinski definition) is 3. The first-order valence-corrected chi connectivity index (χ1v) is 7.58. The molecule has 2 heterocycles. The summed E-state index contributed by atoms with van der Waals surface area (Å²) in [5, 5.41) is 4.07. The number of carbonyl (C=O) groups excluding carboxylic acids is 2. The zero-order valence-corrected chi connectivity index (χ0v) is 12.3. The lowest BCUT2D eigenvalue weighted by Crippen LogP contribution is -2.31. The second kappa shape index (κ2) is 4.90. The number of benzene rings is 1. The Hall–Kier alpha value is -1.46. The predicted molar refractivity (Wildman–Crippen MR) is 78.8 cm³/mol. The lowest BCUT2D eigenvalue weighted by Gasteiger charge is -2.17. The first-order chi connectivity index (χ1) is 9.18. The van der Waals surface area contributed by atoms with Gasteiger partial charge in [-0.05, 0) is 56.9 Å². The second-order valence-electron chi connectivity index (χ2n) is 4.30. The second-order valence-corrected chi connectivity index (χ2v) is 5.94. The molecule has 19 heavy (non-hydrogen) atoms. The van der Waals surface area contributed by atoms with E-state index in [4.69, 9.17) is 0 Å². The normalized spacial score (nSPS) is 14.1. The molecular formula is C14H10BrNO2S. The number of thiophene rings is 1. The summed E-state index contributed by atoms with van der Waals surface area (Å²) >= 11 is 5.05. The monoisotopic (exact) mass is 335 g/mol. The van der Waals surface area contributed by atoms with E-state index in [1.54, 1.807) is 28.4 Å². The average molecular weight is 336 g/mol. The summed E-state index contributed by atoms with van der Waals surface area (Å²) in [7, 11) is 0. The molecule has 1 amide bonds. The zero-order chi connectivity index (χ0) is 13.4. The number of ketones is 1. The van der Waals surface area contributed by atoms with Crippen LogP contribution in [0.2, 0.25) is 0 Å². The van der Waals surface area contributed by atoms with Crippen molar-refractivity contribution < 1.29 is 9.59 Å². The summed E-state index contributed by atoms with van der Waals surface area (Å²) in [6.45, 7) is 0.525. The molecule has 0 N–H and O–H groups in total. The van der Waals surface area contributed by atoms with Gasteiger partial charge in [-0.3, -0.25) is 9.59 Å². The third kappa shape index (κ3) is 2.13. The first-order valence-electron chi connectivity index (χ1n) is 5.84. The number of rotatable bonds is 3. The molecule has 0 fully saturated rings. The molecule has 1 aromatic heterocycles. The summed E-state index contributed by atoms with van der Waals surface area (Å²) in [4.78, 5) is 25.5. The van der Waals surface area contributed by atoms with Crippen molar-refractivity contribution in [2.24, 2.45) is 0 Å². The summed E-state index contributed by atoms with van der Waals surface area (Å²) in [5.41, 5.74) is 2.38. The van der Waals surface area contributed by atoms with Crippen LogP contribution in [-0.4, -0.2) is 18.2 Å². The van der Waals surface area contributed by atoms with E-state index >= 15 is 0 Å². The largest absolute Gasteiger partial charge is 0.303 e. The Balaban J connectivity index is 1.90. The predicted octanol–water partition coefficient (Wildman–Crippen LogP) is 3.28. The van der Waals surface area contributed by atoms with Gasteiger partial charge in [0.05, 0.1) is 11.3 Å². The van der Waals surface area contributed by atoms with E-state index < -0.39 is 11.7 Å².